The van der Waals surface area contributed by atoms with Crippen LogP contribution in [-0.2, 0) is 21.3 Å². The van der Waals surface area contributed by atoms with Crippen molar-refractivity contribution in [3.8, 4) is 0 Å². The number of thiazole rings is 1. The summed E-state index contributed by atoms with van der Waals surface area (Å²) in [6, 6.07) is 8.04. The van der Waals surface area contributed by atoms with Crippen LogP contribution in [-0.4, -0.2) is 35.9 Å². The van der Waals surface area contributed by atoms with E-state index in [1.54, 1.807) is 32.0 Å². The van der Waals surface area contributed by atoms with Crippen LogP contribution in [0.5, 0.6) is 0 Å². The number of aromatic nitrogens is 3. The molecule has 1 aromatic carbocycles. The van der Waals surface area contributed by atoms with Crippen molar-refractivity contribution in [3.05, 3.63) is 52.2 Å². The van der Waals surface area contributed by atoms with Crippen LogP contribution in [0.4, 0.5) is 16.9 Å². The number of benzene rings is 1. The van der Waals surface area contributed by atoms with Crippen molar-refractivity contribution in [2.75, 3.05) is 17.2 Å². The Hall–Kier alpha value is -3.09. The molecule has 4 N–H and O–H groups in total. The molecule has 2 heterocycles. The second kappa shape index (κ2) is 9.37. The van der Waals surface area contributed by atoms with E-state index in [1.165, 1.54) is 23.5 Å². The van der Waals surface area contributed by atoms with E-state index in [9.17, 15) is 13.2 Å². The van der Waals surface area contributed by atoms with Crippen LogP contribution < -0.4 is 15.8 Å². The van der Waals surface area contributed by atoms with Gasteiger partial charge in [0, 0.05) is 18.3 Å². The number of hydrogen-bond acceptors (Lipinski definition) is 10. The summed E-state index contributed by atoms with van der Waals surface area (Å²) in [7, 11) is -3.72. The van der Waals surface area contributed by atoms with Crippen LogP contribution in [0.3, 0.4) is 0 Å². The van der Waals surface area contributed by atoms with Gasteiger partial charge in [-0.25, -0.2) is 28.3 Å². The molecule has 0 saturated heterocycles. The minimum Gasteiger partial charge on any atom is -0.462 e. The van der Waals surface area contributed by atoms with E-state index < -0.39 is 16.0 Å². The van der Waals surface area contributed by atoms with Crippen LogP contribution in [0, 0.1) is 13.8 Å². The highest BCUT2D eigenvalue weighted by Crippen LogP contribution is 2.26. The van der Waals surface area contributed by atoms with Gasteiger partial charge in [0.25, 0.3) is 0 Å². The van der Waals surface area contributed by atoms with Crippen molar-refractivity contribution in [2.24, 2.45) is 5.14 Å². The first kappa shape index (κ1) is 22.6. The predicted octanol–water partition coefficient (Wildman–Crippen LogP) is 2.73. The molecule has 0 amide bonds. The molecule has 0 fully saturated rings. The normalized spacial score (nSPS) is 11.2. The van der Waals surface area contributed by atoms with Gasteiger partial charge in [0.05, 0.1) is 17.2 Å². The van der Waals surface area contributed by atoms with Gasteiger partial charge in [-0.15, -0.1) is 0 Å². The van der Waals surface area contributed by atoms with E-state index in [4.69, 9.17) is 9.88 Å². The maximum Gasteiger partial charge on any atom is 0.350 e. The van der Waals surface area contributed by atoms with Gasteiger partial charge in [0.1, 0.15) is 10.7 Å². The number of primary sulfonamides is 1. The highest BCUT2D eigenvalue weighted by molar-refractivity contribution is 7.89. The zero-order chi connectivity index (χ0) is 22.6. The molecular weight excluding hydrogens is 440 g/mol. The lowest BCUT2D eigenvalue weighted by atomic mass is 10.2. The Morgan fingerprint density at radius 3 is 2.52 bits per heavy atom. The fourth-order valence-corrected chi connectivity index (χ4v) is 4.01. The van der Waals surface area contributed by atoms with Crippen molar-refractivity contribution in [3.63, 3.8) is 0 Å². The van der Waals surface area contributed by atoms with Gasteiger partial charge in [0.15, 0.2) is 5.13 Å². The van der Waals surface area contributed by atoms with Gasteiger partial charge < -0.3 is 10.1 Å². The molecule has 0 bridgehead atoms. The summed E-state index contributed by atoms with van der Waals surface area (Å²) in [6.07, 6.45) is 0. The van der Waals surface area contributed by atoms with Crippen LogP contribution >= 0.6 is 11.3 Å². The van der Waals surface area contributed by atoms with E-state index in [2.05, 4.69) is 25.6 Å². The van der Waals surface area contributed by atoms with Crippen molar-refractivity contribution < 1.29 is 17.9 Å². The summed E-state index contributed by atoms with van der Waals surface area (Å²) in [5, 5.41) is 11.8. The van der Waals surface area contributed by atoms with E-state index in [0.717, 1.165) is 11.3 Å². The number of carbonyl (C=O) groups excluding carboxylic acids is 1. The standard InChI is InChI=1S/C19H22N6O4S2/c1-4-29-17(26)16-12(3)23-19(30-16)25-18-22-11(2)9-15(24-18)21-10-13-5-7-14(8-6-13)31(20,27)28/h5-9H,4,10H2,1-3H3,(H2,20,27,28)(H2,21,22,23,24,25). The smallest absolute Gasteiger partial charge is 0.350 e. The predicted molar refractivity (Wildman–Crippen MR) is 118 cm³/mol. The minimum atomic E-state index is -3.72. The molecule has 12 heteroatoms. The van der Waals surface area contributed by atoms with Crippen LogP contribution in [0.2, 0.25) is 0 Å². The lowest BCUT2D eigenvalue weighted by Gasteiger charge is -2.09. The Balaban J connectivity index is 1.71. The van der Waals surface area contributed by atoms with Crippen LogP contribution in [0.25, 0.3) is 0 Å². The molecule has 0 unspecified atom stereocenters. The molecule has 0 spiro atoms. The molecule has 164 valence electrons. The number of carbonyl (C=O) groups is 1. The second-order valence-corrected chi connectivity index (χ2v) is 9.10. The molecule has 0 aliphatic carbocycles. The lowest BCUT2D eigenvalue weighted by molar-refractivity contribution is 0.0531. The topological polar surface area (TPSA) is 149 Å². The number of sulfonamides is 1. The van der Waals surface area contributed by atoms with Gasteiger partial charge in [-0.3, -0.25) is 5.32 Å². The van der Waals surface area contributed by atoms with E-state index in [1.807, 2.05) is 6.92 Å². The number of esters is 1. The first-order chi connectivity index (χ1) is 14.7. The van der Waals surface area contributed by atoms with E-state index in [0.29, 0.717) is 40.6 Å². The van der Waals surface area contributed by atoms with Gasteiger partial charge in [-0.2, -0.15) is 4.98 Å². The maximum atomic E-state index is 12.0. The summed E-state index contributed by atoms with van der Waals surface area (Å²) in [4.78, 5) is 25.6. The molecule has 0 radical (unpaired) electrons. The zero-order valence-corrected chi connectivity index (χ0v) is 18.8. The number of rotatable bonds is 8. The van der Waals surface area contributed by atoms with Crippen molar-refractivity contribution in [1.82, 2.24) is 15.0 Å². The third kappa shape index (κ3) is 5.96. The molecule has 31 heavy (non-hydrogen) atoms. The Bertz CT molecular complexity index is 1190. The third-order valence-electron chi connectivity index (χ3n) is 4.06. The number of ether oxygens (including phenoxy) is 1. The summed E-state index contributed by atoms with van der Waals surface area (Å²) < 4.78 is 27.7. The van der Waals surface area contributed by atoms with Crippen molar-refractivity contribution >= 4 is 44.2 Å². The molecule has 3 rings (SSSR count). The Morgan fingerprint density at radius 2 is 1.87 bits per heavy atom. The highest BCUT2D eigenvalue weighted by Gasteiger charge is 2.17. The number of aryl methyl sites for hydroxylation is 2. The first-order valence-electron chi connectivity index (χ1n) is 9.28. The molecule has 10 nitrogen and oxygen atoms in total. The van der Waals surface area contributed by atoms with Gasteiger partial charge in [-0.05, 0) is 38.5 Å². The molecule has 2 aromatic heterocycles. The summed E-state index contributed by atoms with van der Waals surface area (Å²) in [5.74, 6) is 0.493. The molecule has 0 saturated carbocycles. The fourth-order valence-electron chi connectivity index (χ4n) is 2.64. The average Bonchev–Trinajstić information content (AvgIpc) is 3.06. The highest BCUT2D eigenvalue weighted by atomic mass is 32.2. The SMILES string of the molecule is CCOC(=O)c1sc(Nc2nc(C)cc(NCc3ccc(S(N)(=O)=O)cc3)n2)nc1C. The minimum absolute atomic E-state index is 0.0570. The maximum absolute atomic E-state index is 12.0. The van der Waals surface area contributed by atoms with Crippen LogP contribution in [0.1, 0.15) is 33.5 Å². The second-order valence-electron chi connectivity index (χ2n) is 6.54. The summed E-state index contributed by atoms with van der Waals surface area (Å²) >= 11 is 1.17. The third-order valence-corrected chi connectivity index (χ3v) is 6.04. The molecule has 0 aliphatic heterocycles. The number of hydrogen-bond donors (Lipinski definition) is 3. The summed E-state index contributed by atoms with van der Waals surface area (Å²) in [5.41, 5.74) is 2.15. The Labute approximate surface area is 184 Å². The Morgan fingerprint density at radius 1 is 1.16 bits per heavy atom. The Kier molecular flexibility index (Phi) is 6.83. The van der Waals surface area contributed by atoms with E-state index in [-0.39, 0.29) is 4.90 Å². The lowest BCUT2D eigenvalue weighted by Crippen LogP contribution is -2.12. The number of nitrogens with two attached hydrogens (primary N) is 1. The molecule has 3 aromatic rings. The number of nitrogens with zero attached hydrogens (tertiary/aromatic N) is 3. The molecular formula is C19H22N6O4S2. The van der Waals surface area contributed by atoms with Gasteiger partial charge in [-0.1, -0.05) is 23.5 Å². The molecule has 0 aliphatic rings. The van der Waals surface area contributed by atoms with Gasteiger partial charge >= 0.3 is 5.97 Å². The zero-order valence-electron chi connectivity index (χ0n) is 17.2. The van der Waals surface area contributed by atoms with Gasteiger partial charge in [0.2, 0.25) is 16.0 Å². The van der Waals surface area contributed by atoms with Crippen molar-refractivity contribution in [2.45, 2.75) is 32.2 Å². The number of nitrogens with one attached hydrogen (secondary N) is 2. The largest absolute Gasteiger partial charge is 0.462 e. The molecule has 0 atom stereocenters. The van der Waals surface area contributed by atoms with E-state index >= 15 is 0 Å². The number of anilines is 3. The fraction of sp³-hybridized carbons (Fsp3) is 0.263. The monoisotopic (exact) mass is 462 g/mol. The van der Waals surface area contributed by atoms with Crippen molar-refractivity contribution in [1.29, 1.82) is 0 Å². The first-order valence-corrected chi connectivity index (χ1v) is 11.6. The quantitative estimate of drug-likeness (QED) is 0.429. The average molecular weight is 463 g/mol. The summed E-state index contributed by atoms with van der Waals surface area (Å²) in [6.45, 7) is 6.02. The van der Waals surface area contributed by atoms with Crippen LogP contribution in [0.15, 0.2) is 35.2 Å².